The number of furan rings is 2. The van der Waals surface area contributed by atoms with Gasteiger partial charge in [-0.05, 0) is 42.0 Å². The molecule has 0 aliphatic rings. The number of anilines is 1. The molecule has 0 saturated carbocycles. The Morgan fingerprint density at radius 2 is 1.71 bits per heavy atom. The van der Waals surface area contributed by atoms with Crippen molar-refractivity contribution in [3.63, 3.8) is 0 Å². The third-order valence-electron chi connectivity index (χ3n) is 4.96. The Labute approximate surface area is 187 Å². The zero-order valence-electron chi connectivity index (χ0n) is 15.9. The van der Waals surface area contributed by atoms with Crippen LogP contribution >= 0.6 is 23.2 Å². The first-order valence-electron chi connectivity index (χ1n) is 9.35. The molecular weight excluding hydrogens is 435 g/mol. The highest BCUT2D eigenvalue weighted by atomic mass is 35.5. The second-order valence-corrected chi connectivity index (χ2v) is 7.72. The second-order valence-electron chi connectivity index (χ2n) is 6.88. The first kappa shape index (κ1) is 19.4. The number of ketones is 1. The average molecular weight is 449 g/mol. The summed E-state index contributed by atoms with van der Waals surface area (Å²) in [6.45, 7) is 0. The first-order chi connectivity index (χ1) is 15.0. The van der Waals surface area contributed by atoms with Crippen molar-refractivity contribution >= 4 is 45.8 Å². The second kappa shape index (κ2) is 7.61. The van der Waals surface area contributed by atoms with Gasteiger partial charge in [-0.3, -0.25) is 4.79 Å². The lowest BCUT2D eigenvalue weighted by Gasteiger charge is -2.11. The molecule has 31 heavy (non-hydrogen) atoms. The summed E-state index contributed by atoms with van der Waals surface area (Å²) in [6, 6.07) is 19.8. The summed E-state index contributed by atoms with van der Waals surface area (Å²) in [5, 5.41) is 1.68. The van der Waals surface area contributed by atoms with E-state index in [1.54, 1.807) is 30.3 Å². The summed E-state index contributed by atoms with van der Waals surface area (Å²) in [7, 11) is 0. The van der Waals surface area contributed by atoms with E-state index in [9.17, 15) is 4.79 Å². The fourth-order valence-electron chi connectivity index (χ4n) is 3.44. The Morgan fingerprint density at radius 1 is 0.935 bits per heavy atom. The summed E-state index contributed by atoms with van der Waals surface area (Å²) < 4.78 is 11.0. The van der Waals surface area contributed by atoms with E-state index in [4.69, 9.17) is 42.8 Å². The van der Waals surface area contributed by atoms with E-state index < -0.39 is 5.78 Å². The number of pyridine rings is 1. The molecule has 0 aliphatic carbocycles. The topological polar surface area (TPSA) is 82.3 Å². The lowest BCUT2D eigenvalue weighted by atomic mass is 9.98. The molecule has 7 heteroatoms. The first-order valence-corrected chi connectivity index (χ1v) is 10.1. The largest absolute Gasteiger partial charge is 0.461 e. The summed E-state index contributed by atoms with van der Waals surface area (Å²) in [4.78, 5) is 17.5. The molecule has 5 rings (SSSR count). The maximum absolute atomic E-state index is 12.8. The number of nitrogens with two attached hydrogens (primary N) is 1. The number of nitrogens with zero attached hydrogens (tertiary/aromatic N) is 1. The highest BCUT2D eigenvalue weighted by Gasteiger charge is 2.25. The fraction of sp³-hybridized carbons (Fsp3) is 0. The number of nitrogen functional groups attached to an aromatic ring is 1. The van der Waals surface area contributed by atoms with E-state index in [0.29, 0.717) is 21.1 Å². The quantitative estimate of drug-likeness (QED) is 0.303. The molecule has 0 unspecified atom stereocenters. The van der Waals surface area contributed by atoms with Crippen LogP contribution in [0.15, 0.2) is 81.8 Å². The normalized spacial score (nSPS) is 11.2. The van der Waals surface area contributed by atoms with E-state index >= 15 is 0 Å². The number of carbonyl (C=O) groups is 1. The molecular formula is C24H14Cl2N2O3. The van der Waals surface area contributed by atoms with Crippen LogP contribution in [-0.4, -0.2) is 10.8 Å². The molecule has 0 fully saturated rings. The van der Waals surface area contributed by atoms with Gasteiger partial charge in [0.2, 0.25) is 11.5 Å². The van der Waals surface area contributed by atoms with Gasteiger partial charge in [0.15, 0.2) is 5.76 Å². The van der Waals surface area contributed by atoms with Crippen molar-refractivity contribution in [2.45, 2.75) is 0 Å². The van der Waals surface area contributed by atoms with Gasteiger partial charge in [-0.15, -0.1) is 0 Å². The number of rotatable bonds is 4. The van der Waals surface area contributed by atoms with Gasteiger partial charge in [0.05, 0.1) is 23.0 Å². The van der Waals surface area contributed by atoms with Crippen LogP contribution in [0, 0.1) is 0 Å². The summed E-state index contributed by atoms with van der Waals surface area (Å²) in [5.41, 5.74) is 9.71. The van der Waals surface area contributed by atoms with Gasteiger partial charge in [-0.2, -0.15) is 0 Å². The number of fused-ring (bicyclic) bond motifs is 1. The van der Waals surface area contributed by atoms with Crippen molar-refractivity contribution in [1.82, 2.24) is 4.98 Å². The molecule has 0 aliphatic heterocycles. The molecule has 3 heterocycles. The van der Waals surface area contributed by atoms with Crippen LogP contribution in [0.2, 0.25) is 10.0 Å². The maximum Gasteiger partial charge on any atom is 0.265 e. The maximum atomic E-state index is 12.8. The monoisotopic (exact) mass is 448 g/mol. The predicted octanol–water partition coefficient (Wildman–Crippen LogP) is 6.87. The van der Waals surface area contributed by atoms with Crippen molar-refractivity contribution in [2.75, 3.05) is 5.73 Å². The third-order valence-corrected chi connectivity index (χ3v) is 5.54. The van der Waals surface area contributed by atoms with Crippen LogP contribution in [0.25, 0.3) is 33.5 Å². The minimum atomic E-state index is -0.451. The molecule has 0 spiro atoms. The van der Waals surface area contributed by atoms with Crippen molar-refractivity contribution < 1.29 is 13.6 Å². The van der Waals surface area contributed by atoms with E-state index in [0.717, 1.165) is 16.7 Å². The van der Waals surface area contributed by atoms with Gasteiger partial charge in [0.25, 0.3) is 5.78 Å². The van der Waals surface area contributed by atoms with Gasteiger partial charge < -0.3 is 14.6 Å². The minimum absolute atomic E-state index is 0.0178. The third kappa shape index (κ3) is 3.38. The van der Waals surface area contributed by atoms with Gasteiger partial charge >= 0.3 is 0 Å². The van der Waals surface area contributed by atoms with Gasteiger partial charge in [-0.25, -0.2) is 4.98 Å². The number of aromatic nitrogens is 1. The van der Waals surface area contributed by atoms with Crippen LogP contribution in [0.4, 0.5) is 5.69 Å². The Hall–Kier alpha value is -3.54. The van der Waals surface area contributed by atoms with Crippen LogP contribution < -0.4 is 5.73 Å². The molecule has 5 nitrogen and oxygen atoms in total. The minimum Gasteiger partial charge on any atom is -0.461 e. The Balaban J connectivity index is 1.78. The van der Waals surface area contributed by atoms with Crippen molar-refractivity contribution in [1.29, 1.82) is 0 Å². The highest BCUT2D eigenvalue weighted by molar-refractivity contribution is 6.33. The standard InChI is InChI=1S/C24H14Cl2N2O3/c25-14-9-7-13(8-10-14)16-12-17-20(27)23(22(29)19-6-3-11-30-19)31-24(17)28-21(16)15-4-1-2-5-18(15)26/h1-12H,27H2. The molecule has 2 N–H and O–H groups in total. The molecule has 0 atom stereocenters. The molecule has 0 amide bonds. The number of halogens is 2. The highest BCUT2D eigenvalue weighted by Crippen LogP contribution is 2.40. The predicted molar refractivity (Wildman–Crippen MR) is 121 cm³/mol. The van der Waals surface area contributed by atoms with Crippen LogP contribution in [-0.2, 0) is 0 Å². The van der Waals surface area contributed by atoms with Gasteiger partial charge in [-0.1, -0.05) is 53.5 Å². The molecule has 0 saturated heterocycles. The molecule has 152 valence electrons. The van der Waals surface area contributed by atoms with Gasteiger partial charge in [0, 0.05) is 21.2 Å². The van der Waals surface area contributed by atoms with E-state index in [1.807, 2.05) is 36.4 Å². The van der Waals surface area contributed by atoms with Crippen molar-refractivity contribution in [3.8, 4) is 22.4 Å². The number of hydrogen-bond acceptors (Lipinski definition) is 5. The average Bonchev–Trinajstić information content (AvgIpc) is 3.42. The zero-order valence-corrected chi connectivity index (χ0v) is 17.4. The summed E-state index contributed by atoms with van der Waals surface area (Å²) in [5.74, 6) is -0.335. The number of hydrogen-bond donors (Lipinski definition) is 1. The molecule has 0 radical (unpaired) electrons. The van der Waals surface area contributed by atoms with Crippen molar-refractivity contribution in [3.05, 3.63) is 94.6 Å². The number of carbonyl (C=O) groups excluding carboxylic acids is 1. The molecule has 0 bridgehead atoms. The lowest BCUT2D eigenvalue weighted by molar-refractivity contribution is 0.0986. The van der Waals surface area contributed by atoms with E-state index in [1.165, 1.54) is 6.26 Å². The van der Waals surface area contributed by atoms with Crippen LogP contribution in [0.5, 0.6) is 0 Å². The van der Waals surface area contributed by atoms with Crippen LogP contribution in [0.1, 0.15) is 16.3 Å². The summed E-state index contributed by atoms with van der Waals surface area (Å²) >= 11 is 12.5. The Kier molecular flexibility index (Phi) is 4.77. The smallest absolute Gasteiger partial charge is 0.265 e. The fourth-order valence-corrected chi connectivity index (χ4v) is 3.79. The molecule has 3 aromatic heterocycles. The molecule has 5 aromatic rings. The number of benzene rings is 2. The van der Waals surface area contributed by atoms with E-state index in [-0.39, 0.29) is 22.9 Å². The zero-order chi connectivity index (χ0) is 21.5. The Morgan fingerprint density at radius 3 is 2.42 bits per heavy atom. The molecule has 2 aromatic carbocycles. The van der Waals surface area contributed by atoms with Gasteiger partial charge in [0.1, 0.15) is 0 Å². The SMILES string of the molecule is Nc1c(C(=O)c2ccco2)oc2nc(-c3ccccc3Cl)c(-c3ccc(Cl)cc3)cc12. The summed E-state index contributed by atoms with van der Waals surface area (Å²) in [6.07, 6.45) is 1.42. The van der Waals surface area contributed by atoms with Crippen molar-refractivity contribution in [2.24, 2.45) is 0 Å². The van der Waals surface area contributed by atoms with Crippen LogP contribution in [0.3, 0.4) is 0 Å². The lowest BCUT2D eigenvalue weighted by Crippen LogP contribution is -2.01. The Bertz CT molecular complexity index is 1420. The van der Waals surface area contributed by atoms with E-state index in [2.05, 4.69) is 0 Å².